The smallest absolute Gasteiger partial charge is 0.311 e. The molecular formula is C10H15NO3. The molecule has 1 heterocycles. The van der Waals surface area contributed by atoms with Gasteiger partial charge in [-0.25, -0.2) is 4.98 Å². The van der Waals surface area contributed by atoms with Crippen LogP contribution in [0.15, 0.2) is 4.42 Å². The molecule has 0 amide bonds. The second kappa shape index (κ2) is 4.26. The van der Waals surface area contributed by atoms with E-state index in [0.29, 0.717) is 18.1 Å². The van der Waals surface area contributed by atoms with E-state index in [0.717, 1.165) is 5.69 Å². The summed E-state index contributed by atoms with van der Waals surface area (Å²) in [6.45, 7) is 5.88. The fourth-order valence-corrected chi connectivity index (χ4v) is 1.28. The summed E-state index contributed by atoms with van der Waals surface area (Å²) in [4.78, 5) is 14.8. The fraction of sp³-hybridized carbons (Fsp3) is 0.600. The van der Waals surface area contributed by atoms with E-state index in [2.05, 4.69) is 4.98 Å². The molecule has 0 aromatic carbocycles. The van der Waals surface area contributed by atoms with Crippen LogP contribution in [-0.4, -0.2) is 16.1 Å². The highest BCUT2D eigenvalue weighted by Gasteiger charge is 2.17. The monoisotopic (exact) mass is 197 g/mol. The molecule has 14 heavy (non-hydrogen) atoms. The highest BCUT2D eigenvalue weighted by atomic mass is 16.4. The van der Waals surface area contributed by atoms with Crippen LogP contribution in [0.3, 0.4) is 0 Å². The van der Waals surface area contributed by atoms with Crippen LogP contribution in [0.25, 0.3) is 0 Å². The molecule has 1 aromatic rings. The van der Waals surface area contributed by atoms with Crippen LogP contribution in [-0.2, 0) is 17.6 Å². The molecule has 1 N–H and O–H groups in total. The van der Waals surface area contributed by atoms with Crippen molar-refractivity contribution in [3.05, 3.63) is 17.3 Å². The maximum absolute atomic E-state index is 10.6. The lowest BCUT2D eigenvalue weighted by Crippen LogP contribution is -2.02. The minimum absolute atomic E-state index is 0.0828. The van der Waals surface area contributed by atoms with E-state index in [1.165, 1.54) is 0 Å². The van der Waals surface area contributed by atoms with E-state index in [4.69, 9.17) is 9.52 Å². The average molecular weight is 197 g/mol. The zero-order valence-electron chi connectivity index (χ0n) is 8.70. The predicted octanol–water partition coefficient (Wildman–Crippen LogP) is 1.99. The molecule has 0 atom stereocenters. The number of carboxylic acid groups (broad SMARTS) is 1. The van der Waals surface area contributed by atoms with Gasteiger partial charge in [0.2, 0.25) is 0 Å². The van der Waals surface area contributed by atoms with Crippen molar-refractivity contribution in [3.63, 3.8) is 0 Å². The van der Waals surface area contributed by atoms with Crippen LogP contribution in [0, 0.1) is 0 Å². The fourth-order valence-electron chi connectivity index (χ4n) is 1.28. The molecule has 0 aliphatic heterocycles. The first-order valence-corrected chi connectivity index (χ1v) is 4.74. The van der Waals surface area contributed by atoms with E-state index in [-0.39, 0.29) is 12.3 Å². The SMILES string of the molecule is CCc1nc(C(C)C)c(CC(=O)O)o1. The summed E-state index contributed by atoms with van der Waals surface area (Å²) in [7, 11) is 0. The van der Waals surface area contributed by atoms with Crippen molar-refractivity contribution in [2.45, 2.75) is 39.5 Å². The van der Waals surface area contributed by atoms with Gasteiger partial charge in [0.05, 0.1) is 5.69 Å². The van der Waals surface area contributed by atoms with Gasteiger partial charge in [0.1, 0.15) is 12.2 Å². The summed E-state index contributed by atoms with van der Waals surface area (Å²) in [6, 6.07) is 0. The average Bonchev–Trinajstić information content (AvgIpc) is 2.46. The van der Waals surface area contributed by atoms with Gasteiger partial charge in [0.15, 0.2) is 5.89 Å². The van der Waals surface area contributed by atoms with Gasteiger partial charge in [0, 0.05) is 6.42 Å². The van der Waals surface area contributed by atoms with Gasteiger partial charge in [-0.15, -0.1) is 0 Å². The standard InChI is InChI=1S/C10H15NO3/c1-4-8-11-10(6(2)3)7(14-8)5-9(12)13/h6H,4-5H2,1-3H3,(H,12,13). The van der Waals surface area contributed by atoms with Gasteiger partial charge in [0.25, 0.3) is 0 Å². The van der Waals surface area contributed by atoms with E-state index < -0.39 is 5.97 Å². The van der Waals surface area contributed by atoms with Gasteiger partial charge < -0.3 is 9.52 Å². The summed E-state index contributed by atoms with van der Waals surface area (Å²) in [6.07, 6.45) is 0.611. The predicted molar refractivity (Wildman–Crippen MR) is 51.3 cm³/mol. The Morgan fingerprint density at radius 3 is 2.64 bits per heavy atom. The molecule has 0 saturated heterocycles. The third-order valence-electron chi connectivity index (χ3n) is 1.93. The van der Waals surface area contributed by atoms with Crippen molar-refractivity contribution < 1.29 is 14.3 Å². The van der Waals surface area contributed by atoms with E-state index in [9.17, 15) is 4.79 Å². The zero-order valence-corrected chi connectivity index (χ0v) is 8.70. The lowest BCUT2D eigenvalue weighted by atomic mass is 10.1. The first-order chi connectivity index (χ1) is 6.54. The van der Waals surface area contributed by atoms with Crippen molar-refractivity contribution in [1.82, 2.24) is 4.98 Å². The molecule has 1 aromatic heterocycles. The minimum atomic E-state index is -0.884. The van der Waals surface area contributed by atoms with Crippen LogP contribution in [0.1, 0.15) is 44.0 Å². The van der Waals surface area contributed by atoms with E-state index >= 15 is 0 Å². The Morgan fingerprint density at radius 1 is 1.57 bits per heavy atom. The summed E-state index contributed by atoms with van der Waals surface area (Å²) >= 11 is 0. The Morgan fingerprint density at radius 2 is 2.21 bits per heavy atom. The second-order valence-corrected chi connectivity index (χ2v) is 3.49. The number of rotatable bonds is 4. The van der Waals surface area contributed by atoms with Gasteiger partial charge in [-0.1, -0.05) is 20.8 Å². The number of aliphatic carboxylic acids is 1. The molecule has 0 radical (unpaired) electrons. The van der Waals surface area contributed by atoms with Crippen LogP contribution in [0.2, 0.25) is 0 Å². The first kappa shape index (κ1) is 10.8. The van der Waals surface area contributed by atoms with Gasteiger partial charge in [-0.2, -0.15) is 0 Å². The largest absolute Gasteiger partial charge is 0.481 e. The van der Waals surface area contributed by atoms with E-state index in [1.807, 2.05) is 20.8 Å². The third kappa shape index (κ3) is 2.34. The van der Waals surface area contributed by atoms with Crippen LogP contribution >= 0.6 is 0 Å². The Balaban J connectivity index is 2.99. The van der Waals surface area contributed by atoms with Crippen LogP contribution in [0.5, 0.6) is 0 Å². The summed E-state index contributed by atoms with van der Waals surface area (Å²) in [5, 5.41) is 8.67. The quantitative estimate of drug-likeness (QED) is 0.801. The molecule has 0 unspecified atom stereocenters. The first-order valence-electron chi connectivity index (χ1n) is 4.74. The van der Waals surface area contributed by atoms with Crippen molar-refractivity contribution in [1.29, 1.82) is 0 Å². The molecule has 4 heteroatoms. The number of oxazole rings is 1. The van der Waals surface area contributed by atoms with Crippen molar-refractivity contribution >= 4 is 5.97 Å². The van der Waals surface area contributed by atoms with Crippen LogP contribution < -0.4 is 0 Å². The summed E-state index contributed by atoms with van der Waals surface area (Å²) < 4.78 is 5.34. The number of nitrogens with zero attached hydrogens (tertiary/aromatic N) is 1. The molecule has 0 aliphatic carbocycles. The number of hydrogen-bond acceptors (Lipinski definition) is 3. The molecule has 78 valence electrons. The number of aromatic nitrogens is 1. The molecular weight excluding hydrogens is 182 g/mol. The zero-order chi connectivity index (χ0) is 10.7. The maximum atomic E-state index is 10.6. The van der Waals surface area contributed by atoms with Crippen LogP contribution in [0.4, 0.5) is 0 Å². The molecule has 0 aliphatic rings. The minimum Gasteiger partial charge on any atom is -0.481 e. The van der Waals surface area contributed by atoms with Gasteiger partial charge in [-0.05, 0) is 5.92 Å². The Kier molecular flexibility index (Phi) is 3.28. The topological polar surface area (TPSA) is 63.3 Å². The number of hydrogen-bond donors (Lipinski definition) is 1. The van der Waals surface area contributed by atoms with E-state index in [1.54, 1.807) is 0 Å². The highest BCUT2D eigenvalue weighted by Crippen LogP contribution is 2.20. The maximum Gasteiger partial charge on any atom is 0.311 e. The van der Waals surface area contributed by atoms with Crippen molar-refractivity contribution in [3.8, 4) is 0 Å². The number of aryl methyl sites for hydroxylation is 1. The van der Waals surface area contributed by atoms with Gasteiger partial charge >= 0.3 is 5.97 Å². The molecule has 1 rings (SSSR count). The molecule has 0 saturated carbocycles. The summed E-state index contributed by atoms with van der Waals surface area (Å²) in [5.74, 6) is 0.424. The number of carboxylic acids is 1. The molecule has 0 fully saturated rings. The number of carbonyl (C=O) groups is 1. The van der Waals surface area contributed by atoms with Crippen molar-refractivity contribution in [2.75, 3.05) is 0 Å². The highest BCUT2D eigenvalue weighted by molar-refractivity contribution is 5.69. The molecule has 4 nitrogen and oxygen atoms in total. The third-order valence-corrected chi connectivity index (χ3v) is 1.93. The Labute approximate surface area is 83.0 Å². The lowest BCUT2D eigenvalue weighted by Gasteiger charge is -2.00. The lowest BCUT2D eigenvalue weighted by molar-refractivity contribution is -0.136. The Hall–Kier alpha value is -1.32. The summed E-state index contributed by atoms with van der Waals surface area (Å²) in [5.41, 5.74) is 0.768. The van der Waals surface area contributed by atoms with Gasteiger partial charge in [-0.3, -0.25) is 4.79 Å². The second-order valence-electron chi connectivity index (χ2n) is 3.49. The Bertz CT molecular complexity index is 328. The van der Waals surface area contributed by atoms with Crippen molar-refractivity contribution in [2.24, 2.45) is 0 Å². The molecule has 0 spiro atoms. The molecule has 0 bridgehead atoms. The normalized spacial score (nSPS) is 10.9.